The molecule has 0 spiro atoms. The van der Waals surface area contributed by atoms with E-state index in [1.165, 1.54) is 16.7 Å². The van der Waals surface area contributed by atoms with Crippen molar-refractivity contribution in [2.45, 2.75) is 13.8 Å². The number of nitrogens with zero attached hydrogens (tertiary/aromatic N) is 5. The van der Waals surface area contributed by atoms with Crippen molar-refractivity contribution >= 4 is 27.5 Å². The molecular formula is C56H37N5. The van der Waals surface area contributed by atoms with E-state index in [9.17, 15) is 5.26 Å². The number of aryl methyl sites for hydroxylation is 2. The first-order chi connectivity index (χ1) is 29.9. The maximum atomic E-state index is 10.2. The summed E-state index contributed by atoms with van der Waals surface area (Å²) in [5, 5.41) is 12.5. The summed E-state index contributed by atoms with van der Waals surface area (Å²) < 4.78 is 2.36. The number of fused-ring (bicyclic) bond motifs is 3. The van der Waals surface area contributed by atoms with E-state index in [1.54, 1.807) is 0 Å². The van der Waals surface area contributed by atoms with Crippen LogP contribution in [0.1, 0.15) is 16.7 Å². The molecule has 0 amide bonds. The summed E-state index contributed by atoms with van der Waals surface area (Å²) >= 11 is 0. The minimum absolute atomic E-state index is 0.543. The van der Waals surface area contributed by atoms with Crippen LogP contribution in [0.15, 0.2) is 188 Å². The molecule has 61 heavy (non-hydrogen) atoms. The van der Waals surface area contributed by atoms with Gasteiger partial charge in [0.15, 0.2) is 11.5 Å². The summed E-state index contributed by atoms with van der Waals surface area (Å²) in [6, 6.07) is 66.7. The molecule has 5 heteroatoms. The molecule has 0 fully saturated rings. The molecule has 2 heterocycles. The van der Waals surface area contributed by atoms with Gasteiger partial charge in [-0.3, -0.25) is 0 Å². The number of hydrogen-bond donors (Lipinski definition) is 0. The molecule has 0 bridgehead atoms. The molecule has 2 aromatic heterocycles. The number of aromatic nitrogens is 3. The zero-order valence-electron chi connectivity index (χ0n) is 33.6. The van der Waals surface area contributed by atoms with Crippen molar-refractivity contribution in [3.63, 3.8) is 0 Å². The van der Waals surface area contributed by atoms with Crippen molar-refractivity contribution in [2.75, 3.05) is 0 Å². The Hall–Kier alpha value is -8.38. The van der Waals surface area contributed by atoms with Crippen molar-refractivity contribution in [1.29, 1.82) is 5.26 Å². The lowest BCUT2D eigenvalue weighted by Crippen LogP contribution is -2.03. The van der Waals surface area contributed by atoms with Crippen LogP contribution in [0.3, 0.4) is 0 Å². The average molecular weight is 780 g/mol. The standard InChI is InChI=1S/C56H37N5/c1-36-24-26-46(37(2)28-36)43-25-27-54-50(31-43)47-22-10-11-23-53(47)61(54)55-48(41-19-12-14-38(29-41)35-57)32-44(33-49(55)42-20-13-21-45(30-42)58-3)52-34-51(39-15-6-4-7-16-39)59-56(60-52)40-17-8-5-9-18-40/h4-34H,1-2H3. The molecule has 5 nitrogen and oxygen atoms in total. The van der Waals surface area contributed by atoms with Gasteiger partial charge in [0.05, 0.1) is 46.3 Å². The third-order valence-electron chi connectivity index (χ3n) is 11.4. The lowest BCUT2D eigenvalue weighted by Gasteiger charge is -2.21. The van der Waals surface area contributed by atoms with Crippen molar-refractivity contribution in [3.05, 3.63) is 216 Å². The predicted molar refractivity (Wildman–Crippen MR) is 249 cm³/mol. The topological polar surface area (TPSA) is 58.9 Å². The van der Waals surface area contributed by atoms with Crippen LogP contribution < -0.4 is 0 Å². The molecule has 0 aliphatic rings. The molecule has 0 N–H and O–H groups in total. The normalized spacial score (nSPS) is 11.1. The molecule has 0 aliphatic heterocycles. The molecule has 0 unspecified atom stereocenters. The van der Waals surface area contributed by atoms with Crippen LogP contribution in [0.5, 0.6) is 0 Å². The van der Waals surface area contributed by atoms with Gasteiger partial charge in [-0.05, 0) is 96.3 Å². The number of benzene rings is 8. The smallest absolute Gasteiger partial charge is 0.187 e. The minimum atomic E-state index is 0.543. The average Bonchev–Trinajstić information content (AvgIpc) is 3.64. The van der Waals surface area contributed by atoms with Crippen LogP contribution in [0.2, 0.25) is 0 Å². The van der Waals surface area contributed by atoms with E-state index in [1.807, 2.05) is 84.9 Å². The summed E-state index contributed by atoms with van der Waals surface area (Å²) in [6.45, 7) is 12.3. The number of hydrogen-bond acceptors (Lipinski definition) is 3. The quantitative estimate of drug-likeness (QED) is 0.151. The Balaban J connectivity index is 1.33. The number of rotatable bonds is 7. The maximum absolute atomic E-state index is 10.2. The minimum Gasteiger partial charge on any atom is -0.308 e. The molecule has 0 saturated carbocycles. The molecule has 286 valence electrons. The molecule has 10 aromatic rings. The summed E-state index contributed by atoms with van der Waals surface area (Å²) in [5.74, 6) is 0.618. The summed E-state index contributed by atoms with van der Waals surface area (Å²) in [4.78, 5) is 14.2. The molecule has 0 atom stereocenters. The Bertz CT molecular complexity index is 3270. The number of nitriles is 1. The first-order valence-corrected chi connectivity index (χ1v) is 20.2. The highest BCUT2D eigenvalue weighted by molar-refractivity contribution is 6.12. The summed E-state index contributed by atoms with van der Waals surface area (Å²) in [5.41, 5.74) is 16.9. The Morgan fingerprint density at radius 3 is 1.84 bits per heavy atom. The van der Waals surface area contributed by atoms with Gasteiger partial charge in [0.25, 0.3) is 0 Å². The van der Waals surface area contributed by atoms with Gasteiger partial charge in [0.2, 0.25) is 0 Å². The fourth-order valence-electron chi connectivity index (χ4n) is 8.55. The Labute approximate surface area is 355 Å². The van der Waals surface area contributed by atoms with E-state index >= 15 is 0 Å². The molecule has 0 aliphatic carbocycles. The number of para-hydroxylation sites is 1. The van der Waals surface area contributed by atoms with Gasteiger partial charge < -0.3 is 4.57 Å². The first-order valence-electron chi connectivity index (χ1n) is 20.2. The predicted octanol–water partition coefficient (Wildman–Crippen LogP) is 14.6. The third kappa shape index (κ3) is 6.81. The highest BCUT2D eigenvalue weighted by atomic mass is 15.0. The zero-order valence-corrected chi connectivity index (χ0v) is 33.6. The van der Waals surface area contributed by atoms with Crippen LogP contribution in [-0.2, 0) is 0 Å². The van der Waals surface area contributed by atoms with Crippen molar-refractivity contribution in [3.8, 4) is 79.0 Å². The second-order valence-corrected chi connectivity index (χ2v) is 15.4. The first kappa shape index (κ1) is 36.9. The SMILES string of the molecule is [C-]#[N+]c1cccc(-c2cc(-c3cc(-c4ccccc4)nc(-c4ccccc4)n3)cc(-c3cccc(C#N)c3)c2-n2c3ccccc3c3cc(-c4ccc(C)cc4C)ccc32)c1. The van der Waals surface area contributed by atoms with Gasteiger partial charge in [-0.1, -0.05) is 139 Å². The lowest BCUT2D eigenvalue weighted by molar-refractivity contribution is 1.17. The molecule has 0 radical (unpaired) electrons. The molecular weight excluding hydrogens is 743 g/mol. The molecule has 8 aromatic carbocycles. The fourth-order valence-corrected chi connectivity index (χ4v) is 8.55. The van der Waals surface area contributed by atoms with Crippen LogP contribution in [-0.4, -0.2) is 14.5 Å². The van der Waals surface area contributed by atoms with Crippen LogP contribution >= 0.6 is 0 Å². The van der Waals surface area contributed by atoms with E-state index in [0.29, 0.717) is 17.1 Å². The second kappa shape index (κ2) is 15.4. The highest BCUT2D eigenvalue weighted by Crippen LogP contribution is 2.45. The second-order valence-electron chi connectivity index (χ2n) is 15.4. The van der Waals surface area contributed by atoms with E-state index in [0.717, 1.165) is 83.4 Å². The van der Waals surface area contributed by atoms with Gasteiger partial charge in [-0.2, -0.15) is 5.26 Å². The van der Waals surface area contributed by atoms with Gasteiger partial charge in [-0.25, -0.2) is 14.8 Å². The summed E-state index contributed by atoms with van der Waals surface area (Å²) in [6.07, 6.45) is 0. The maximum Gasteiger partial charge on any atom is 0.187 e. The van der Waals surface area contributed by atoms with E-state index in [2.05, 4.69) is 132 Å². The van der Waals surface area contributed by atoms with Crippen molar-refractivity contribution in [1.82, 2.24) is 14.5 Å². The Kier molecular flexibility index (Phi) is 9.33. The van der Waals surface area contributed by atoms with E-state index < -0.39 is 0 Å². The van der Waals surface area contributed by atoms with E-state index in [-0.39, 0.29) is 0 Å². The lowest BCUT2D eigenvalue weighted by atomic mass is 9.91. The monoisotopic (exact) mass is 779 g/mol. The van der Waals surface area contributed by atoms with Crippen LogP contribution in [0.4, 0.5) is 5.69 Å². The largest absolute Gasteiger partial charge is 0.308 e. The van der Waals surface area contributed by atoms with Crippen molar-refractivity contribution in [2.24, 2.45) is 0 Å². The summed E-state index contributed by atoms with van der Waals surface area (Å²) in [7, 11) is 0. The highest BCUT2D eigenvalue weighted by Gasteiger charge is 2.23. The van der Waals surface area contributed by atoms with E-state index in [4.69, 9.17) is 16.5 Å². The van der Waals surface area contributed by atoms with Gasteiger partial charge in [0.1, 0.15) is 0 Å². The zero-order chi connectivity index (χ0) is 41.5. The molecule has 10 rings (SSSR count). The van der Waals surface area contributed by atoms with Crippen LogP contribution in [0.25, 0.3) is 99.6 Å². The fraction of sp³-hybridized carbons (Fsp3) is 0.0357. The van der Waals surface area contributed by atoms with Crippen molar-refractivity contribution < 1.29 is 0 Å². The molecule has 0 saturated heterocycles. The Morgan fingerprint density at radius 1 is 0.492 bits per heavy atom. The third-order valence-corrected chi connectivity index (χ3v) is 11.4. The van der Waals surface area contributed by atoms with Crippen LogP contribution in [0, 0.1) is 31.8 Å². The Morgan fingerprint density at radius 2 is 1.11 bits per heavy atom. The van der Waals surface area contributed by atoms with Gasteiger partial charge in [0, 0.05) is 38.6 Å². The van der Waals surface area contributed by atoms with Gasteiger partial charge in [-0.15, -0.1) is 0 Å². The van der Waals surface area contributed by atoms with Gasteiger partial charge >= 0.3 is 0 Å².